The molecule has 2 aromatic heterocycles. The quantitative estimate of drug-likeness (QED) is 0.300. The molecule has 128 valence electrons. The number of halogens is 1. The van der Waals surface area contributed by atoms with Gasteiger partial charge in [0, 0.05) is 24.4 Å². The number of aryl methyl sites for hydroxylation is 1. The van der Waals surface area contributed by atoms with Crippen LogP contribution < -0.4 is 10.3 Å². The lowest BCUT2D eigenvalue weighted by Crippen LogP contribution is -2.07. The van der Waals surface area contributed by atoms with E-state index in [4.69, 9.17) is 5.21 Å². The largest absolute Gasteiger partial charge is 0.411 e. The van der Waals surface area contributed by atoms with Crippen LogP contribution in [0.25, 0.3) is 10.9 Å². The van der Waals surface area contributed by atoms with E-state index >= 15 is 0 Å². The van der Waals surface area contributed by atoms with Crippen molar-refractivity contribution in [3.8, 4) is 0 Å². The molecule has 25 heavy (non-hydrogen) atoms. The third-order valence-corrected chi connectivity index (χ3v) is 3.99. The monoisotopic (exact) mass is 339 g/mol. The van der Waals surface area contributed by atoms with Crippen molar-refractivity contribution in [1.82, 2.24) is 4.98 Å². The molecular weight excluding hydrogens is 319 g/mol. The summed E-state index contributed by atoms with van der Waals surface area (Å²) in [7, 11) is 0. The highest BCUT2D eigenvalue weighted by Gasteiger charge is 2.05. The number of anilines is 1. The normalized spacial score (nSPS) is 11.2. The van der Waals surface area contributed by atoms with E-state index in [-0.39, 0.29) is 5.69 Å². The SMILES string of the molecule is O/N=C\c1nc(CCCCNc2cc[nH+]c3ccccc23)ccc1F. The van der Waals surface area contributed by atoms with Crippen molar-refractivity contribution in [3.05, 3.63) is 65.9 Å². The molecule has 3 N–H and O–H groups in total. The first kappa shape index (κ1) is 16.8. The second-order valence-corrected chi connectivity index (χ2v) is 5.74. The predicted octanol–water partition coefficient (Wildman–Crippen LogP) is 3.43. The summed E-state index contributed by atoms with van der Waals surface area (Å²) in [6.07, 6.45) is 5.58. The Balaban J connectivity index is 1.51. The van der Waals surface area contributed by atoms with Crippen molar-refractivity contribution in [3.63, 3.8) is 0 Å². The van der Waals surface area contributed by atoms with Gasteiger partial charge in [-0.25, -0.2) is 14.4 Å². The molecule has 0 amide bonds. The maximum absolute atomic E-state index is 13.4. The number of H-pyrrole nitrogens is 1. The standard InChI is InChI=1S/C19H19FN4O/c20-16-9-8-14(24-19(16)13-23-25)5-3-4-11-21-18-10-12-22-17-7-2-1-6-15(17)18/h1-2,6-10,12-13,25H,3-5,11H2,(H,21,22)/p+1/b23-13-. The van der Waals surface area contributed by atoms with E-state index in [0.29, 0.717) is 0 Å². The van der Waals surface area contributed by atoms with E-state index < -0.39 is 5.82 Å². The molecule has 2 heterocycles. The van der Waals surface area contributed by atoms with Crippen LogP contribution in [0.2, 0.25) is 0 Å². The van der Waals surface area contributed by atoms with Crippen LogP contribution in [-0.2, 0) is 6.42 Å². The van der Waals surface area contributed by atoms with Gasteiger partial charge >= 0.3 is 0 Å². The Labute approximate surface area is 145 Å². The van der Waals surface area contributed by atoms with Gasteiger partial charge in [0.15, 0.2) is 12.0 Å². The molecule has 0 spiro atoms. The van der Waals surface area contributed by atoms with Crippen molar-refractivity contribution in [2.45, 2.75) is 19.3 Å². The molecule has 6 heteroatoms. The van der Waals surface area contributed by atoms with Crippen LogP contribution in [0.1, 0.15) is 24.2 Å². The summed E-state index contributed by atoms with van der Waals surface area (Å²) in [6.45, 7) is 0.847. The number of hydrogen-bond acceptors (Lipinski definition) is 4. The van der Waals surface area contributed by atoms with Gasteiger partial charge in [-0.3, -0.25) is 0 Å². The Morgan fingerprint density at radius 2 is 2.04 bits per heavy atom. The molecule has 0 saturated carbocycles. The first-order chi connectivity index (χ1) is 12.3. The predicted molar refractivity (Wildman–Crippen MR) is 95.5 cm³/mol. The number of fused-ring (bicyclic) bond motifs is 1. The number of oxime groups is 1. The maximum Gasteiger partial charge on any atom is 0.212 e. The van der Waals surface area contributed by atoms with Crippen LogP contribution in [0.15, 0.2) is 53.8 Å². The lowest BCUT2D eigenvalue weighted by atomic mass is 10.1. The Morgan fingerprint density at radius 3 is 2.92 bits per heavy atom. The number of aromatic amines is 1. The number of para-hydroxylation sites is 1. The van der Waals surface area contributed by atoms with Crippen molar-refractivity contribution in [2.24, 2.45) is 5.16 Å². The lowest BCUT2D eigenvalue weighted by Gasteiger charge is -2.07. The van der Waals surface area contributed by atoms with Crippen molar-refractivity contribution in [2.75, 3.05) is 11.9 Å². The molecule has 5 nitrogen and oxygen atoms in total. The third-order valence-electron chi connectivity index (χ3n) is 3.99. The minimum absolute atomic E-state index is 0.0603. The fraction of sp³-hybridized carbons (Fsp3) is 0.211. The molecule has 3 rings (SSSR count). The van der Waals surface area contributed by atoms with Crippen LogP contribution in [0.3, 0.4) is 0 Å². The fourth-order valence-corrected chi connectivity index (χ4v) is 2.74. The number of nitrogens with one attached hydrogen (secondary N) is 2. The highest BCUT2D eigenvalue weighted by Crippen LogP contribution is 2.19. The van der Waals surface area contributed by atoms with E-state index in [0.717, 1.165) is 54.3 Å². The molecule has 3 aromatic rings. The molecule has 0 aliphatic heterocycles. The Morgan fingerprint density at radius 1 is 1.16 bits per heavy atom. The topological polar surface area (TPSA) is 71.7 Å². The van der Waals surface area contributed by atoms with E-state index in [1.165, 1.54) is 6.07 Å². The highest BCUT2D eigenvalue weighted by atomic mass is 19.1. The van der Waals surface area contributed by atoms with Crippen molar-refractivity contribution >= 4 is 22.8 Å². The molecule has 1 aromatic carbocycles. The molecule has 0 aliphatic carbocycles. The molecule has 0 radical (unpaired) electrons. The zero-order chi connectivity index (χ0) is 17.5. The van der Waals surface area contributed by atoms with E-state index in [1.54, 1.807) is 6.07 Å². The van der Waals surface area contributed by atoms with E-state index in [1.807, 2.05) is 30.5 Å². The Kier molecular flexibility index (Phi) is 5.51. The van der Waals surface area contributed by atoms with Crippen molar-refractivity contribution < 1.29 is 14.6 Å². The second kappa shape index (κ2) is 8.19. The first-order valence-electron chi connectivity index (χ1n) is 8.24. The molecule has 0 atom stereocenters. The van der Waals surface area contributed by atoms with Gasteiger partial charge in [-0.2, -0.15) is 0 Å². The minimum atomic E-state index is -0.490. The third kappa shape index (κ3) is 4.29. The average Bonchev–Trinajstić information content (AvgIpc) is 2.64. The maximum atomic E-state index is 13.4. The van der Waals surface area contributed by atoms with Gasteiger partial charge in [0.05, 0.1) is 17.3 Å². The van der Waals surface area contributed by atoms with Crippen LogP contribution in [-0.4, -0.2) is 23.0 Å². The summed E-state index contributed by atoms with van der Waals surface area (Å²) in [6, 6.07) is 13.2. The molecule has 0 aliphatic rings. The van der Waals surface area contributed by atoms with E-state index in [2.05, 4.69) is 26.5 Å². The fourth-order valence-electron chi connectivity index (χ4n) is 2.74. The summed E-state index contributed by atoms with van der Waals surface area (Å²) >= 11 is 0. The second-order valence-electron chi connectivity index (χ2n) is 5.74. The van der Waals surface area contributed by atoms with Gasteiger partial charge in [0.1, 0.15) is 5.69 Å². The zero-order valence-corrected chi connectivity index (χ0v) is 13.7. The van der Waals surface area contributed by atoms with Gasteiger partial charge < -0.3 is 10.5 Å². The summed E-state index contributed by atoms with van der Waals surface area (Å²) in [5, 5.41) is 16.0. The molecule has 0 saturated heterocycles. The Hall–Kier alpha value is -3.02. The summed E-state index contributed by atoms with van der Waals surface area (Å²) in [4.78, 5) is 7.38. The number of unbranched alkanes of at least 4 members (excludes halogenated alkanes) is 1. The van der Waals surface area contributed by atoms with E-state index in [9.17, 15) is 4.39 Å². The average molecular weight is 339 g/mol. The summed E-state index contributed by atoms with van der Waals surface area (Å²) < 4.78 is 13.4. The Bertz CT molecular complexity index is 877. The van der Waals surface area contributed by atoms with Crippen LogP contribution >= 0.6 is 0 Å². The van der Waals surface area contributed by atoms with Crippen LogP contribution in [0.4, 0.5) is 10.1 Å². The number of nitrogens with zero attached hydrogens (tertiary/aromatic N) is 2. The number of benzene rings is 1. The molecule has 0 fully saturated rings. The molecule has 0 unspecified atom stereocenters. The van der Waals surface area contributed by atoms with Crippen LogP contribution in [0, 0.1) is 5.82 Å². The zero-order valence-electron chi connectivity index (χ0n) is 13.7. The smallest absolute Gasteiger partial charge is 0.212 e. The number of rotatable bonds is 7. The summed E-state index contributed by atoms with van der Waals surface area (Å²) in [5.41, 5.74) is 3.05. The highest BCUT2D eigenvalue weighted by molar-refractivity contribution is 5.88. The summed E-state index contributed by atoms with van der Waals surface area (Å²) in [5.74, 6) is -0.490. The van der Waals surface area contributed by atoms with Gasteiger partial charge in [-0.1, -0.05) is 17.3 Å². The lowest BCUT2D eigenvalue weighted by molar-refractivity contribution is -0.344. The van der Waals surface area contributed by atoms with Gasteiger partial charge in [0.2, 0.25) is 5.52 Å². The molecular formula is C19H20FN4O+. The number of aromatic nitrogens is 2. The molecule has 0 bridgehead atoms. The minimum Gasteiger partial charge on any atom is -0.411 e. The van der Waals surface area contributed by atoms with Crippen molar-refractivity contribution in [1.29, 1.82) is 0 Å². The van der Waals surface area contributed by atoms with Gasteiger partial charge in [-0.15, -0.1) is 0 Å². The number of hydrogen-bond donors (Lipinski definition) is 2. The first-order valence-corrected chi connectivity index (χ1v) is 8.24. The van der Waals surface area contributed by atoms with Gasteiger partial charge in [-0.05, 0) is 37.5 Å². The van der Waals surface area contributed by atoms with Crippen LogP contribution in [0.5, 0.6) is 0 Å². The number of pyridine rings is 2. The van der Waals surface area contributed by atoms with Gasteiger partial charge in [0.25, 0.3) is 0 Å².